The zero-order chi connectivity index (χ0) is 20.1. The second kappa shape index (κ2) is 8.39. The van der Waals surface area contributed by atoms with E-state index < -0.39 is 5.97 Å². The number of anilines is 2. The fraction of sp³-hybridized carbons (Fsp3) is 0.0870. The molecule has 0 spiro atoms. The number of rotatable bonds is 6. The molecule has 0 unspecified atom stereocenters. The standard InChI is InChI=1S/C23H20N4O2/c28-23(29)20-8-4-5-9-22(20)25-24-16-17-10-12-19(13-11-17)27-15-14-21(26-27)18-6-2-1-3-7-18/h1-13,16,25H,14-15H2,(H,28,29)/b24-16+. The van der Waals surface area contributed by atoms with Crippen LogP contribution in [0.3, 0.4) is 0 Å². The highest BCUT2D eigenvalue weighted by molar-refractivity contribution is 6.02. The molecule has 0 radical (unpaired) electrons. The van der Waals surface area contributed by atoms with Gasteiger partial charge in [-0.05, 0) is 35.4 Å². The second-order valence-corrected chi connectivity index (χ2v) is 6.60. The van der Waals surface area contributed by atoms with Crippen LogP contribution in [-0.2, 0) is 0 Å². The number of carbonyl (C=O) groups is 1. The SMILES string of the molecule is O=C(O)c1ccccc1N/N=C/c1ccc(N2CCC(c3ccccc3)=N2)cc1. The largest absolute Gasteiger partial charge is 0.478 e. The normalized spacial score (nSPS) is 13.5. The third kappa shape index (κ3) is 4.32. The molecule has 0 aromatic heterocycles. The Hall–Kier alpha value is -3.93. The van der Waals surface area contributed by atoms with Gasteiger partial charge in [-0.2, -0.15) is 10.2 Å². The Bertz CT molecular complexity index is 1060. The smallest absolute Gasteiger partial charge is 0.337 e. The number of carboxylic acids is 1. The van der Waals surface area contributed by atoms with Crippen LogP contribution < -0.4 is 10.4 Å². The maximum absolute atomic E-state index is 11.2. The van der Waals surface area contributed by atoms with Gasteiger partial charge in [-0.25, -0.2) is 4.79 Å². The van der Waals surface area contributed by atoms with E-state index in [1.54, 1.807) is 24.4 Å². The van der Waals surface area contributed by atoms with Gasteiger partial charge >= 0.3 is 5.97 Å². The predicted molar refractivity (Wildman–Crippen MR) is 116 cm³/mol. The highest BCUT2D eigenvalue weighted by Gasteiger charge is 2.16. The van der Waals surface area contributed by atoms with Crippen LogP contribution in [0, 0.1) is 0 Å². The average Bonchev–Trinajstić information content (AvgIpc) is 3.25. The van der Waals surface area contributed by atoms with Gasteiger partial charge in [0.05, 0.1) is 28.9 Å². The summed E-state index contributed by atoms with van der Waals surface area (Å²) in [6.07, 6.45) is 2.57. The summed E-state index contributed by atoms with van der Waals surface area (Å²) in [6.45, 7) is 0.852. The molecule has 6 heteroatoms. The zero-order valence-corrected chi connectivity index (χ0v) is 15.7. The van der Waals surface area contributed by atoms with Crippen molar-refractivity contribution >= 4 is 29.3 Å². The first-order chi connectivity index (χ1) is 14.2. The number of nitrogens with zero attached hydrogens (tertiary/aromatic N) is 3. The van der Waals surface area contributed by atoms with Gasteiger partial charge in [0.2, 0.25) is 0 Å². The number of hydrogen-bond acceptors (Lipinski definition) is 5. The topological polar surface area (TPSA) is 77.3 Å². The molecule has 3 aromatic carbocycles. The van der Waals surface area contributed by atoms with Gasteiger partial charge in [-0.3, -0.25) is 10.4 Å². The number of nitrogens with one attached hydrogen (secondary N) is 1. The van der Waals surface area contributed by atoms with Crippen molar-refractivity contribution < 1.29 is 9.90 Å². The van der Waals surface area contributed by atoms with E-state index in [1.807, 2.05) is 47.5 Å². The van der Waals surface area contributed by atoms with E-state index in [1.165, 1.54) is 6.07 Å². The van der Waals surface area contributed by atoms with Crippen molar-refractivity contribution in [3.63, 3.8) is 0 Å². The van der Waals surface area contributed by atoms with Gasteiger partial charge in [-0.15, -0.1) is 0 Å². The van der Waals surface area contributed by atoms with Gasteiger partial charge in [0.1, 0.15) is 0 Å². The Morgan fingerprint density at radius 2 is 1.72 bits per heavy atom. The van der Waals surface area contributed by atoms with Crippen LogP contribution in [0.15, 0.2) is 89.1 Å². The monoisotopic (exact) mass is 384 g/mol. The molecule has 1 heterocycles. The fourth-order valence-electron chi connectivity index (χ4n) is 3.15. The third-order valence-corrected chi connectivity index (χ3v) is 4.66. The van der Waals surface area contributed by atoms with Crippen molar-refractivity contribution in [3.8, 4) is 0 Å². The zero-order valence-electron chi connectivity index (χ0n) is 15.7. The van der Waals surface area contributed by atoms with Crippen molar-refractivity contribution in [2.45, 2.75) is 6.42 Å². The fourth-order valence-corrected chi connectivity index (χ4v) is 3.15. The summed E-state index contributed by atoms with van der Waals surface area (Å²) < 4.78 is 0. The van der Waals surface area contributed by atoms with Crippen LogP contribution in [-0.4, -0.2) is 29.5 Å². The summed E-state index contributed by atoms with van der Waals surface area (Å²) in [4.78, 5) is 11.2. The van der Waals surface area contributed by atoms with Crippen LogP contribution in [0.4, 0.5) is 11.4 Å². The Labute approximate surface area is 168 Å². The third-order valence-electron chi connectivity index (χ3n) is 4.66. The molecule has 1 aliphatic heterocycles. The molecule has 0 saturated heterocycles. The minimum Gasteiger partial charge on any atom is -0.478 e. The predicted octanol–water partition coefficient (Wildman–Crippen LogP) is 4.45. The molecule has 29 heavy (non-hydrogen) atoms. The lowest BCUT2D eigenvalue weighted by Crippen LogP contribution is -2.11. The first-order valence-electron chi connectivity index (χ1n) is 9.32. The summed E-state index contributed by atoms with van der Waals surface area (Å²) in [5.41, 5.74) is 7.61. The van der Waals surface area contributed by atoms with E-state index in [4.69, 9.17) is 5.10 Å². The lowest BCUT2D eigenvalue weighted by molar-refractivity contribution is 0.0698. The Balaban J connectivity index is 1.42. The van der Waals surface area contributed by atoms with Crippen LogP contribution in [0.1, 0.15) is 27.9 Å². The summed E-state index contributed by atoms with van der Waals surface area (Å²) in [5, 5.41) is 20.1. The Morgan fingerprint density at radius 3 is 2.48 bits per heavy atom. The number of aromatic carboxylic acids is 1. The lowest BCUT2D eigenvalue weighted by atomic mass is 10.1. The molecule has 0 aliphatic carbocycles. The van der Waals surface area contributed by atoms with Crippen LogP contribution in [0.2, 0.25) is 0 Å². The first-order valence-corrected chi connectivity index (χ1v) is 9.32. The second-order valence-electron chi connectivity index (χ2n) is 6.60. The molecule has 4 rings (SSSR count). The number of carboxylic acid groups (broad SMARTS) is 1. The molecule has 0 amide bonds. The van der Waals surface area contributed by atoms with E-state index >= 15 is 0 Å². The summed E-state index contributed by atoms with van der Waals surface area (Å²) in [5.74, 6) is -0.992. The quantitative estimate of drug-likeness (QED) is 0.486. The van der Waals surface area contributed by atoms with Crippen molar-refractivity contribution in [3.05, 3.63) is 95.6 Å². The molecule has 144 valence electrons. The lowest BCUT2D eigenvalue weighted by Gasteiger charge is -2.13. The van der Waals surface area contributed by atoms with Gasteiger partial charge in [-0.1, -0.05) is 54.6 Å². The van der Waals surface area contributed by atoms with Crippen LogP contribution in [0.5, 0.6) is 0 Å². The molecule has 0 bridgehead atoms. The minimum absolute atomic E-state index is 0.182. The highest BCUT2D eigenvalue weighted by atomic mass is 16.4. The number of para-hydroxylation sites is 1. The molecule has 3 aromatic rings. The average molecular weight is 384 g/mol. The van der Waals surface area contributed by atoms with Gasteiger partial charge in [0.15, 0.2) is 0 Å². The van der Waals surface area contributed by atoms with Gasteiger partial charge in [0.25, 0.3) is 0 Å². The summed E-state index contributed by atoms with van der Waals surface area (Å²) in [6, 6.07) is 24.8. The maximum Gasteiger partial charge on any atom is 0.337 e. The molecule has 2 N–H and O–H groups in total. The van der Waals surface area contributed by atoms with Crippen molar-refractivity contribution in [1.82, 2.24) is 0 Å². The Morgan fingerprint density at radius 1 is 1.00 bits per heavy atom. The van der Waals surface area contributed by atoms with E-state index in [-0.39, 0.29) is 5.56 Å². The summed E-state index contributed by atoms with van der Waals surface area (Å²) in [7, 11) is 0. The maximum atomic E-state index is 11.2. The molecular weight excluding hydrogens is 364 g/mol. The number of hydrazone groups is 2. The highest BCUT2D eigenvalue weighted by Crippen LogP contribution is 2.22. The van der Waals surface area contributed by atoms with Crippen LogP contribution in [0.25, 0.3) is 0 Å². The molecule has 0 fully saturated rings. The van der Waals surface area contributed by atoms with Gasteiger partial charge in [0, 0.05) is 13.0 Å². The van der Waals surface area contributed by atoms with Crippen molar-refractivity contribution in [2.24, 2.45) is 10.2 Å². The Kier molecular flexibility index (Phi) is 5.33. The molecule has 1 aliphatic rings. The number of benzene rings is 3. The molecule has 0 saturated carbocycles. The van der Waals surface area contributed by atoms with Gasteiger partial charge < -0.3 is 5.11 Å². The van der Waals surface area contributed by atoms with Crippen molar-refractivity contribution in [2.75, 3.05) is 17.0 Å². The molecule has 0 atom stereocenters. The van der Waals surface area contributed by atoms with E-state index in [2.05, 4.69) is 22.7 Å². The first kappa shape index (κ1) is 18.4. The molecule has 6 nitrogen and oxygen atoms in total. The summed E-state index contributed by atoms with van der Waals surface area (Å²) >= 11 is 0. The van der Waals surface area contributed by atoms with E-state index in [0.717, 1.165) is 35.5 Å². The number of hydrogen-bond donors (Lipinski definition) is 2. The van der Waals surface area contributed by atoms with E-state index in [0.29, 0.717) is 5.69 Å². The van der Waals surface area contributed by atoms with E-state index in [9.17, 15) is 9.90 Å². The molecular formula is C23H20N4O2. The van der Waals surface area contributed by atoms with Crippen molar-refractivity contribution in [1.29, 1.82) is 0 Å². The minimum atomic E-state index is -0.992. The van der Waals surface area contributed by atoms with Crippen LogP contribution >= 0.6 is 0 Å².